The first-order valence-corrected chi connectivity index (χ1v) is 11.0. The van der Waals surface area contributed by atoms with Crippen molar-refractivity contribution in [3.05, 3.63) is 23.9 Å². The summed E-state index contributed by atoms with van der Waals surface area (Å²) in [5, 5.41) is 13.6. The number of alkyl halides is 2. The monoisotopic (exact) mass is 470 g/mol. The summed E-state index contributed by atoms with van der Waals surface area (Å²) >= 11 is 0. The van der Waals surface area contributed by atoms with Gasteiger partial charge in [-0.2, -0.15) is 5.10 Å². The number of pyridine rings is 1. The Morgan fingerprint density at radius 3 is 2.79 bits per heavy atom. The molecular formula is C22H24F2N8O2. The summed E-state index contributed by atoms with van der Waals surface area (Å²) in [5.41, 5.74) is -0.374. The summed E-state index contributed by atoms with van der Waals surface area (Å²) in [5.74, 6) is -3.07. The summed E-state index contributed by atoms with van der Waals surface area (Å²) in [6.45, 7) is 2.36. The summed E-state index contributed by atoms with van der Waals surface area (Å²) in [6, 6.07) is 3.55. The number of hydrogen-bond acceptors (Lipinski definition) is 7. The third-order valence-corrected chi connectivity index (χ3v) is 6.18. The number of nitrogens with one attached hydrogen (secondary N) is 3. The number of halogens is 2. The van der Waals surface area contributed by atoms with E-state index in [4.69, 9.17) is 0 Å². The average Bonchev–Trinajstić information content (AvgIpc) is 3.47. The molecule has 34 heavy (non-hydrogen) atoms. The zero-order valence-corrected chi connectivity index (χ0v) is 18.9. The van der Waals surface area contributed by atoms with Crippen LogP contribution in [0.25, 0.3) is 22.6 Å². The molecule has 3 aromatic heterocycles. The lowest BCUT2D eigenvalue weighted by atomic mass is 9.83. The number of aromatic nitrogens is 5. The molecule has 1 aliphatic carbocycles. The standard InChI is InChI=1S/C22H24F2N8O2/c1-21(23,24)8-10-32-18-12(5-4-9-26-18)14(31-32)17-28-15(25-3)13-16(29-17)30-20(34)22(13,2)19(33)27-11-6-7-11/h4-5,9,11H,6-8,10H2,1-3H3,(H,27,33)(H2,25,28,29,30,34). The van der Waals surface area contributed by atoms with Gasteiger partial charge in [0.15, 0.2) is 16.9 Å². The van der Waals surface area contributed by atoms with Crippen LogP contribution in [0, 0.1) is 0 Å². The zero-order chi connectivity index (χ0) is 24.3. The summed E-state index contributed by atoms with van der Waals surface area (Å²) in [7, 11) is 1.63. The molecule has 0 radical (unpaired) electrons. The lowest BCUT2D eigenvalue weighted by molar-refractivity contribution is -0.133. The fourth-order valence-corrected chi connectivity index (χ4v) is 4.06. The third-order valence-electron chi connectivity index (χ3n) is 6.18. The predicted molar refractivity (Wildman–Crippen MR) is 120 cm³/mol. The minimum Gasteiger partial charge on any atom is -0.373 e. The van der Waals surface area contributed by atoms with E-state index in [2.05, 4.69) is 36.0 Å². The van der Waals surface area contributed by atoms with E-state index in [0.29, 0.717) is 28.1 Å². The van der Waals surface area contributed by atoms with Crippen LogP contribution in [0.15, 0.2) is 18.3 Å². The normalized spacial score (nSPS) is 19.7. The van der Waals surface area contributed by atoms with Crippen LogP contribution in [-0.2, 0) is 21.5 Å². The largest absolute Gasteiger partial charge is 0.373 e. The Labute approximate surface area is 193 Å². The molecule has 178 valence electrons. The van der Waals surface area contributed by atoms with Crippen molar-refractivity contribution in [3.8, 4) is 11.5 Å². The molecule has 10 nitrogen and oxygen atoms in total. The van der Waals surface area contributed by atoms with Gasteiger partial charge in [0.1, 0.15) is 17.3 Å². The molecule has 0 aromatic carbocycles. The van der Waals surface area contributed by atoms with Gasteiger partial charge in [0.25, 0.3) is 0 Å². The van der Waals surface area contributed by atoms with Gasteiger partial charge in [0.05, 0.1) is 10.9 Å². The van der Waals surface area contributed by atoms with Crippen molar-refractivity contribution in [1.29, 1.82) is 0 Å². The quantitative estimate of drug-likeness (QED) is 0.453. The molecule has 3 N–H and O–H groups in total. The number of nitrogens with zero attached hydrogens (tertiary/aromatic N) is 5. The van der Waals surface area contributed by atoms with Crippen LogP contribution in [0.1, 0.15) is 38.7 Å². The molecule has 0 bridgehead atoms. The number of aryl methyl sites for hydroxylation is 1. The second kappa shape index (κ2) is 7.67. The number of anilines is 2. The number of rotatable bonds is 7. The van der Waals surface area contributed by atoms with E-state index in [-0.39, 0.29) is 24.2 Å². The maximum absolute atomic E-state index is 13.5. The summed E-state index contributed by atoms with van der Waals surface area (Å²) < 4.78 is 28.4. The lowest BCUT2D eigenvalue weighted by Crippen LogP contribution is -2.48. The third kappa shape index (κ3) is 3.62. The number of hydrogen-bond donors (Lipinski definition) is 3. The molecule has 5 rings (SSSR count). The Morgan fingerprint density at radius 1 is 1.35 bits per heavy atom. The topological polar surface area (TPSA) is 127 Å². The van der Waals surface area contributed by atoms with Gasteiger partial charge in [-0.05, 0) is 38.8 Å². The molecule has 1 fully saturated rings. The number of carbonyl (C=O) groups is 2. The fourth-order valence-electron chi connectivity index (χ4n) is 4.06. The van der Waals surface area contributed by atoms with Gasteiger partial charge in [-0.1, -0.05) is 0 Å². The van der Waals surface area contributed by atoms with Crippen molar-refractivity contribution >= 4 is 34.5 Å². The number of amides is 2. The molecule has 4 heterocycles. The molecule has 2 amide bonds. The molecular weight excluding hydrogens is 446 g/mol. The van der Waals surface area contributed by atoms with Crippen LogP contribution in [0.5, 0.6) is 0 Å². The van der Waals surface area contributed by atoms with Gasteiger partial charge in [0.2, 0.25) is 17.7 Å². The van der Waals surface area contributed by atoms with Gasteiger partial charge < -0.3 is 16.0 Å². The second-order valence-electron chi connectivity index (χ2n) is 8.96. The van der Waals surface area contributed by atoms with Gasteiger partial charge in [-0.3, -0.25) is 9.59 Å². The minimum atomic E-state index is -2.85. The van der Waals surface area contributed by atoms with Crippen LogP contribution in [0.3, 0.4) is 0 Å². The molecule has 1 atom stereocenters. The van der Waals surface area contributed by atoms with Crippen molar-refractivity contribution in [1.82, 2.24) is 30.0 Å². The van der Waals surface area contributed by atoms with Crippen molar-refractivity contribution in [2.45, 2.75) is 57.0 Å². The Hall–Kier alpha value is -3.70. The first-order valence-electron chi connectivity index (χ1n) is 11.0. The van der Waals surface area contributed by atoms with Crippen LogP contribution in [-0.4, -0.2) is 55.6 Å². The first kappa shape index (κ1) is 22.1. The highest BCUT2D eigenvalue weighted by atomic mass is 19.3. The van der Waals surface area contributed by atoms with E-state index >= 15 is 0 Å². The Bertz CT molecular complexity index is 1310. The molecule has 1 unspecified atom stereocenters. The van der Waals surface area contributed by atoms with E-state index in [0.717, 1.165) is 19.8 Å². The second-order valence-corrected chi connectivity index (χ2v) is 8.96. The van der Waals surface area contributed by atoms with Crippen LogP contribution in [0.2, 0.25) is 0 Å². The molecule has 3 aromatic rings. The van der Waals surface area contributed by atoms with Gasteiger partial charge >= 0.3 is 0 Å². The first-order chi connectivity index (χ1) is 16.1. The van der Waals surface area contributed by atoms with E-state index in [9.17, 15) is 18.4 Å². The van der Waals surface area contributed by atoms with Crippen LogP contribution < -0.4 is 16.0 Å². The maximum atomic E-state index is 13.5. The highest BCUT2D eigenvalue weighted by Crippen LogP contribution is 2.42. The molecule has 12 heteroatoms. The van der Waals surface area contributed by atoms with Crippen molar-refractivity contribution < 1.29 is 18.4 Å². The SMILES string of the molecule is CNc1nc(-c2nn(CCC(C)(F)F)c3ncccc23)nc2c1C(C)(C(=O)NC1CC1)C(=O)N2. The lowest BCUT2D eigenvalue weighted by Gasteiger charge is -2.22. The van der Waals surface area contributed by atoms with E-state index < -0.39 is 29.6 Å². The summed E-state index contributed by atoms with van der Waals surface area (Å²) in [4.78, 5) is 39.3. The summed E-state index contributed by atoms with van der Waals surface area (Å²) in [6.07, 6.45) is 2.93. The number of carbonyl (C=O) groups excluding carboxylic acids is 2. The molecule has 0 spiro atoms. The van der Waals surface area contributed by atoms with E-state index in [1.54, 1.807) is 32.3 Å². The zero-order valence-electron chi connectivity index (χ0n) is 18.9. The molecule has 1 aliphatic heterocycles. The van der Waals surface area contributed by atoms with E-state index in [1.165, 1.54) is 4.68 Å². The number of fused-ring (bicyclic) bond motifs is 2. The molecule has 2 aliphatic rings. The van der Waals surface area contributed by atoms with Crippen LogP contribution in [0.4, 0.5) is 20.4 Å². The molecule has 0 saturated heterocycles. The van der Waals surface area contributed by atoms with Crippen LogP contribution >= 0.6 is 0 Å². The Morgan fingerprint density at radius 2 is 2.12 bits per heavy atom. The van der Waals surface area contributed by atoms with Gasteiger partial charge in [-0.15, -0.1) is 0 Å². The van der Waals surface area contributed by atoms with Crippen molar-refractivity contribution in [3.63, 3.8) is 0 Å². The Kier molecular flexibility index (Phi) is 4.99. The minimum absolute atomic E-state index is 0.0447. The smallest absolute Gasteiger partial charge is 0.247 e. The highest BCUT2D eigenvalue weighted by Gasteiger charge is 2.53. The van der Waals surface area contributed by atoms with Gasteiger partial charge in [-0.25, -0.2) is 28.4 Å². The Balaban J connectivity index is 1.60. The highest BCUT2D eigenvalue weighted by molar-refractivity contribution is 6.21. The maximum Gasteiger partial charge on any atom is 0.247 e. The van der Waals surface area contributed by atoms with Crippen molar-refractivity contribution in [2.75, 3.05) is 17.7 Å². The van der Waals surface area contributed by atoms with Gasteiger partial charge in [0, 0.05) is 32.3 Å². The average molecular weight is 470 g/mol. The predicted octanol–water partition coefficient (Wildman–Crippen LogP) is 2.46. The fraction of sp³-hybridized carbons (Fsp3) is 0.455. The molecule has 1 saturated carbocycles. The van der Waals surface area contributed by atoms with Crippen molar-refractivity contribution in [2.24, 2.45) is 0 Å². The van der Waals surface area contributed by atoms with E-state index in [1.807, 2.05) is 0 Å².